The van der Waals surface area contributed by atoms with Crippen molar-refractivity contribution < 1.29 is 14.3 Å². The molecule has 6 heterocycles. The Morgan fingerprint density at radius 3 is 2.30 bits per heavy atom. The monoisotopic (exact) mass is 751 g/mol. The molecule has 2 aromatic heterocycles. The maximum Gasteiger partial charge on any atom is 0.437 e. The molecule has 56 heavy (non-hydrogen) atoms. The molecule has 13 heteroatoms. The van der Waals surface area contributed by atoms with E-state index in [4.69, 9.17) is 9.72 Å². The number of rotatable bonds is 8. The summed E-state index contributed by atoms with van der Waals surface area (Å²) in [6.45, 7) is 15.5. The molecule has 13 nitrogen and oxygen atoms in total. The van der Waals surface area contributed by atoms with E-state index in [1.807, 2.05) is 24.5 Å². The second-order valence-corrected chi connectivity index (χ2v) is 15.1. The van der Waals surface area contributed by atoms with Gasteiger partial charge in [-0.1, -0.05) is 16.0 Å². The lowest BCUT2D eigenvalue weighted by molar-refractivity contribution is -0.120. The Kier molecular flexibility index (Phi) is 9.68. The Hall–Kier alpha value is -6.08. The number of imide groups is 1. The second kappa shape index (κ2) is 15.2. The summed E-state index contributed by atoms with van der Waals surface area (Å²) in [6.07, 6.45) is 6.40. The summed E-state index contributed by atoms with van der Waals surface area (Å²) < 4.78 is 7.52. The number of benzene rings is 3. The molecule has 4 aliphatic heterocycles. The average molecular weight is 752 g/mol. The highest BCUT2D eigenvalue weighted by Gasteiger charge is 2.27. The maximum absolute atomic E-state index is 12.2. The molecule has 3 amide bonds. The average Bonchev–Trinajstić information content (AvgIpc) is 3.24. The zero-order chi connectivity index (χ0) is 38.2. The van der Waals surface area contributed by atoms with Gasteiger partial charge < -0.3 is 19.9 Å². The van der Waals surface area contributed by atoms with E-state index in [9.17, 15) is 9.59 Å². The van der Waals surface area contributed by atoms with Crippen molar-refractivity contribution in [3.8, 4) is 17.0 Å². The molecular weight excluding hydrogens is 705 g/mol. The van der Waals surface area contributed by atoms with Gasteiger partial charge in [0.2, 0.25) is 11.8 Å². The molecule has 2 N–H and O–H groups in total. The first-order chi connectivity index (χ1) is 27.4. The number of nitrogens with zero attached hydrogens (tertiary/aromatic N) is 8. The van der Waals surface area contributed by atoms with Gasteiger partial charge in [0.25, 0.3) is 0 Å². The SMILES string of the molecule is C=[N+](c1ccc(N2CCN(CC3CCN(c4ccc(N5CCC(=O)NC5=O)cc4)CC3)CC2)cc1)c1ncc2ccc(-c3cnc4c(c3C)NCCO4)cc2n1. The molecule has 3 aromatic carbocycles. The molecular formula is C43H47N10O3+. The van der Waals surface area contributed by atoms with Gasteiger partial charge in [-0.2, -0.15) is 0 Å². The van der Waals surface area contributed by atoms with Crippen LogP contribution in [0.3, 0.4) is 0 Å². The van der Waals surface area contributed by atoms with Gasteiger partial charge in [0.15, 0.2) is 5.52 Å². The fourth-order valence-electron chi connectivity index (χ4n) is 8.36. The van der Waals surface area contributed by atoms with Crippen molar-refractivity contribution in [1.82, 2.24) is 29.7 Å². The highest BCUT2D eigenvalue weighted by molar-refractivity contribution is 6.05. The number of hydrogen-bond acceptors (Lipinski definition) is 10. The predicted octanol–water partition coefficient (Wildman–Crippen LogP) is 5.82. The van der Waals surface area contributed by atoms with E-state index in [-0.39, 0.29) is 11.9 Å². The first-order valence-electron chi connectivity index (χ1n) is 19.6. The van der Waals surface area contributed by atoms with Crippen LogP contribution in [0.1, 0.15) is 24.8 Å². The molecule has 5 aromatic rings. The van der Waals surface area contributed by atoms with E-state index in [1.165, 1.54) is 24.2 Å². The van der Waals surface area contributed by atoms with Crippen molar-refractivity contribution >= 4 is 63.9 Å². The van der Waals surface area contributed by atoms with Crippen LogP contribution in [0.4, 0.5) is 39.2 Å². The molecule has 0 unspecified atom stereocenters. The topological polar surface area (TPSA) is 122 Å². The minimum Gasteiger partial charge on any atom is -0.474 e. The fourth-order valence-corrected chi connectivity index (χ4v) is 8.36. The quantitative estimate of drug-likeness (QED) is 0.148. The van der Waals surface area contributed by atoms with Crippen LogP contribution in [0.5, 0.6) is 5.88 Å². The van der Waals surface area contributed by atoms with Crippen LogP contribution in [-0.4, -0.2) is 104 Å². The number of piperidine rings is 1. The number of urea groups is 1. The number of carbonyl (C=O) groups is 2. The Morgan fingerprint density at radius 2 is 1.55 bits per heavy atom. The highest BCUT2D eigenvalue weighted by atomic mass is 16.5. The molecule has 9 rings (SSSR count). The van der Waals surface area contributed by atoms with Crippen molar-refractivity contribution in [2.45, 2.75) is 26.2 Å². The van der Waals surface area contributed by atoms with Crippen molar-refractivity contribution in [2.24, 2.45) is 5.92 Å². The molecule has 0 saturated carbocycles. The largest absolute Gasteiger partial charge is 0.474 e. The molecule has 3 saturated heterocycles. The number of hydrogen-bond donors (Lipinski definition) is 2. The standard InChI is InChI=1S/C43H46N10O3/c1-29-37(27-45-41-40(29)44-16-24-56-41)31-3-4-32-26-46-42(47-38(32)25-31)49(2)33-5-7-35(8-6-33)52-22-20-50(21-23-52)28-30-13-17-51(18-14-30)34-9-11-36(12-10-34)53-19-15-39(54)48-43(53)55/h3-12,25-27,30,44H,2,13-24,28H2,1H3/p+1. The van der Waals surface area contributed by atoms with Gasteiger partial charge in [-0.05, 0) is 97.5 Å². The van der Waals surface area contributed by atoms with E-state index in [1.54, 1.807) is 9.48 Å². The number of amides is 3. The minimum atomic E-state index is -0.345. The maximum atomic E-state index is 12.2. The van der Waals surface area contributed by atoms with Gasteiger partial charge in [0.1, 0.15) is 24.2 Å². The van der Waals surface area contributed by atoms with Gasteiger partial charge in [-0.25, -0.2) is 14.4 Å². The number of carbonyl (C=O) groups excluding carboxylic acids is 2. The van der Waals surface area contributed by atoms with Gasteiger partial charge in [-0.15, -0.1) is 0 Å². The summed E-state index contributed by atoms with van der Waals surface area (Å²) in [5.41, 5.74) is 9.14. The zero-order valence-corrected chi connectivity index (χ0v) is 31.8. The smallest absolute Gasteiger partial charge is 0.437 e. The number of fused-ring (bicyclic) bond motifs is 2. The minimum absolute atomic E-state index is 0.214. The normalized spacial score (nSPS) is 18.0. The van der Waals surface area contributed by atoms with Crippen LogP contribution in [0.25, 0.3) is 22.0 Å². The number of aromatic nitrogens is 3. The summed E-state index contributed by atoms with van der Waals surface area (Å²) in [4.78, 5) is 47.0. The predicted molar refractivity (Wildman–Crippen MR) is 222 cm³/mol. The molecule has 3 fully saturated rings. The number of anilines is 4. The highest BCUT2D eigenvalue weighted by Crippen LogP contribution is 2.36. The fraction of sp³-hybridized carbons (Fsp3) is 0.349. The molecule has 0 radical (unpaired) electrons. The summed E-state index contributed by atoms with van der Waals surface area (Å²) >= 11 is 0. The molecule has 0 bridgehead atoms. The van der Waals surface area contributed by atoms with Gasteiger partial charge in [-0.3, -0.25) is 19.9 Å². The summed E-state index contributed by atoms with van der Waals surface area (Å²) in [6, 6.07) is 22.6. The van der Waals surface area contributed by atoms with Crippen molar-refractivity contribution in [3.63, 3.8) is 0 Å². The summed E-state index contributed by atoms with van der Waals surface area (Å²) in [5.74, 6) is 1.67. The van der Waals surface area contributed by atoms with Crippen LogP contribution in [0.2, 0.25) is 0 Å². The van der Waals surface area contributed by atoms with E-state index >= 15 is 0 Å². The number of ether oxygens (including phenoxy) is 1. The molecule has 0 aliphatic carbocycles. The third-order valence-electron chi connectivity index (χ3n) is 11.7. The van der Waals surface area contributed by atoms with Crippen LogP contribution in [-0.2, 0) is 4.79 Å². The number of piperazine rings is 1. The Balaban J connectivity index is 0.766. The lowest BCUT2D eigenvalue weighted by atomic mass is 9.95. The van der Waals surface area contributed by atoms with E-state index in [2.05, 4.69) is 104 Å². The third-order valence-corrected chi connectivity index (χ3v) is 11.7. The molecule has 286 valence electrons. The lowest BCUT2D eigenvalue weighted by Gasteiger charge is -2.40. The van der Waals surface area contributed by atoms with Crippen LogP contribution in [0.15, 0.2) is 79.1 Å². The van der Waals surface area contributed by atoms with Gasteiger partial charge in [0, 0.05) is 101 Å². The Bertz CT molecular complexity index is 2280. The first-order valence-corrected chi connectivity index (χ1v) is 19.6. The Morgan fingerprint density at radius 1 is 0.839 bits per heavy atom. The van der Waals surface area contributed by atoms with E-state index in [0.29, 0.717) is 37.3 Å². The molecule has 4 aliphatic rings. The molecule has 0 spiro atoms. The van der Waals surface area contributed by atoms with E-state index < -0.39 is 0 Å². The number of nitrogens with one attached hydrogen (secondary N) is 2. The second-order valence-electron chi connectivity index (χ2n) is 15.1. The van der Waals surface area contributed by atoms with Crippen molar-refractivity contribution in [1.29, 1.82) is 0 Å². The van der Waals surface area contributed by atoms with Crippen LogP contribution < -0.4 is 34.6 Å². The molecule has 0 atom stereocenters. The van der Waals surface area contributed by atoms with E-state index in [0.717, 1.165) is 97.0 Å². The first kappa shape index (κ1) is 35.6. The van der Waals surface area contributed by atoms with Crippen molar-refractivity contribution in [2.75, 3.05) is 85.5 Å². The summed E-state index contributed by atoms with van der Waals surface area (Å²) in [5, 5.41) is 6.79. The van der Waals surface area contributed by atoms with Gasteiger partial charge in [0.05, 0.1) is 5.39 Å². The third kappa shape index (κ3) is 7.22. The van der Waals surface area contributed by atoms with Gasteiger partial charge >= 0.3 is 12.0 Å². The lowest BCUT2D eigenvalue weighted by Crippen LogP contribution is -2.49. The number of pyridine rings is 1. The van der Waals surface area contributed by atoms with Crippen LogP contribution in [0, 0.1) is 12.8 Å². The van der Waals surface area contributed by atoms with Crippen molar-refractivity contribution in [3.05, 3.63) is 84.7 Å². The zero-order valence-electron chi connectivity index (χ0n) is 31.8. The summed E-state index contributed by atoms with van der Waals surface area (Å²) in [7, 11) is 0. The van der Waals surface area contributed by atoms with Crippen LogP contribution >= 0.6 is 0 Å². The Labute approximate surface area is 326 Å².